The third-order valence-corrected chi connectivity index (χ3v) is 6.41. The summed E-state index contributed by atoms with van der Waals surface area (Å²) in [5.41, 5.74) is 0. The van der Waals surface area contributed by atoms with Crippen LogP contribution in [-0.4, -0.2) is 47.6 Å². The number of hydrogen-bond acceptors (Lipinski definition) is 6. The first-order chi connectivity index (χ1) is 19.9. The first-order valence-corrected chi connectivity index (χ1v) is 15.8. The Balaban J connectivity index is 3.79. The molecule has 2 N–H and O–H groups in total. The van der Waals surface area contributed by atoms with Gasteiger partial charge < -0.3 is 19.7 Å². The molecule has 0 aromatic carbocycles. The quantitative estimate of drug-likeness (QED) is 0.0469. The highest BCUT2D eigenvalue weighted by Gasteiger charge is 2.15. The van der Waals surface area contributed by atoms with Gasteiger partial charge in [0.05, 0.1) is 12.7 Å². The van der Waals surface area contributed by atoms with E-state index in [0.717, 1.165) is 57.3 Å². The lowest BCUT2D eigenvalue weighted by atomic mass is 10.0. The predicted octanol–water partition coefficient (Wildman–Crippen LogP) is 8.10. The summed E-state index contributed by atoms with van der Waals surface area (Å²) in [7, 11) is 0. The lowest BCUT2D eigenvalue weighted by Gasteiger charge is -2.15. The maximum atomic E-state index is 12.1. The smallest absolute Gasteiger partial charge is 0.306 e. The van der Waals surface area contributed by atoms with Crippen LogP contribution in [0.4, 0.5) is 0 Å². The second kappa shape index (κ2) is 29.1. The van der Waals surface area contributed by atoms with Crippen LogP contribution in [0.25, 0.3) is 0 Å². The second-order valence-electron chi connectivity index (χ2n) is 10.8. The Morgan fingerprint density at radius 1 is 0.732 bits per heavy atom. The molecule has 0 amide bonds. The normalized spacial score (nSPS) is 13.9. The van der Waals surface area contributed by atoms with Gasteiger partial charge in [-0.05, 0) is 50.9 Å². The zero-order valence-corrected chi connectivity index (χ0v) is 26.1. The number of rotatable bonds is 26. The Morgan fingerprint density at radius 2 is 1.32 bits per heavy atom. The number of aliphatic hydroxyl groups is 2. The highest BCUT2D eigenvalue weighted by molar-refractivity contribution is 5.70. The molecule has 2 atom stereocenters. The lowest BCUT2D eigenvalue weighted by Crippen LogP contribution is -2.28. The molecule has 234 valence electrons. The minimum atomic E-state index is -0.810. The van der Waals surface area contributed by atoms with Crippen LogP contribution in [0.5, 0.6) is 0 Å². The predicted molar refractivity (Wildman–Crippen MR) is 169 cm³/mol. The average molecular weight is 575 g/mol. The molecule has 0 aliphatic carbocycles. The van der Waals surface area contributed by atoms with E-state index in [1.54, 1.807) is 6.08 Å². The van der Waals surface area contributed by atoms with Crippen LogP contribution in [0.3, 0.4) is 0 Å². The van der Waals surface area contributed by atoms with Crippen LogP contribution in [0.2, 0.25) is 0 Å². The van der Waals surface area contributed by atoms with Crippen molar-refractivity contribution in [3.05, 3.63) is 60.8 Å². The van der Waals surface area contributed by atoms with Crippen LogP contribution in [-0.2, 0) is 19.1 Å². The molecular formula is C35H58O6. The largest absolute Gasteiger partial charge is 0.462 e. The van der Waals surface area contributed by atoms with Crippen LogP contribution in [0.1, 0.15) is 117 Å². The molecule has 0 bridgehead atoms. The van der Waals surface area contributed by atoms with Gasteiger partial charge in [0, 0.05) is 12.8 Å². The SMILES string of the molecule is CC[C@@H](O)/C=C/C=C\C/C=C\C/C=C\C/C=C\CCCC(=O)O[C@@H](CO)COC(=O)CCCCCCCCC(C)C. The summed E-state index contributed by atoms with van der Waals surface area (Å²) < 4.78 is 10.5. The number of ether oxygens (including phenoxy) is 2. The van der Waals surface area contributed by atoms with Crippen LogP contribution in [0.15, 0.2) is 60.8 Å². The highest BCUT2D eigenvalue weighted by Crippen LogP contribution is 2.12. The van der Waals surface area contributed by atoms with Crippen molar-refractivity contribution in [2.75, 3.05) is 13.2 Å². The van der Waals surface area contributed by atoms with E-state index in [0.29, 0.717) is 12.8 Å². The Hall–Kier alpha value is -2.44. The second-order valence-corrected chi connectivity index (χ2v) is 10.8. The van der Waals surface area contributed by atoms with Crippen molar-refractivity contribution in [3.63, 3.8) is 0 Å². The monoisotopic (exact) mass is 574 g/mol. The van der Waals surface area contributed by atoms with Gasteiger partial charge in [-0.25, -0.2) is 0 Å². The molecule has 0 saturated carbocycles. The van der Waals surface area contributed by atoms with Crippen molar-refractivity contribution in [2.24, 2.45) is 5.92 Å². The molecule has 0 aliphatic rings. The molecule has 0 aliphatic heterocycles. The van der Waals surface area contributed by atoms with E-state index in [1.807, 2.05) is 19.1 Å². The van der Waals surface area contributed by atoms with E-state index in [1.165, 1.54) is 25.7 Å². The molecule has 6 heteroatoms. The Labute approximate surface area is 250 Å². The summed E-state index contributed by atoms with van der Waals surface area (Å²) in [5, 5.41) is 18.9. The Morgan fingerprint density at radius 3 is 1.95 bits per heavy atom. The third kappa shape index (κ3) is 28.9. The zero-order chi connectivity index (χ0) is 30.4. The summed E-state index contributed by atoms with van der Waals surface area (Å²) in [4.78, 5) is 24.0. The van der Waals surface area contributed by atoms with Crippen LogP contribution < -0.4 is 0 Å². The number of allylic oxidation sites excluding steroid dienone is 9. The van der Waals surface area contributed by atoms with E-state index in [4.69, 9.17) is 9.47 Å². The fourth-order valence-electron chi connectivity index (χ4n) is 3.84. The maximum absolute atomic E-state index is 12.1. The number of unbranched alkanes of at least 4 members (excludes halogenated alkanes) is 6. The molecule has 0 spiro atoms. The first kappa shape index (κ1) is 38.6. The molecule has 41 heavy (non-hydrogen) atoms. The Kier molecular flexibility index (Phi) is 27.3. The summed E-state index contributed by atoms with van der Waals surface area (Å²) in [5.74, 6) is 0.0728. The van der Waals surface area contributed by atoms with Gasteiger partial charge in [0.2, 0.25) is 0 Å². The first-order valence-electron chi connectivity index (χ1n) is 15.8. The number of hydrogen-bond donors (Lipinski definition) is 2. The van der Waals surface area contributed by atoms with Crippen LogP contribution in [0, 0.1) is 5.92 Å². The molecule has 0 unspecified atom stereocenters. The minimum Gasteiger partial charge on any atom is -0.462 e. The van der Waals surface area contributed by atoms with Gasteiger partial charge in [-0.2, -0.15) is 0 Å². The Bertz CT molecular complexity index is 778. The van der Waals surface area contributed by atoms with Gasteiger partial charge in [0.15, 0.2) is 6.10 Å². The average Bonchev–Trinajstić information content (AvgIpc) is 2.95. The van der Waals surface area contributed by atoms with Crippen molar-refractivity contribution < 1.29 is 29.3 Å². The topological polar surface area (TPSA) is 93.1 Å². The molecule has 0 aromatic rings. The molecule has 0 radical (unpaired) electrons. The summed E-state index contributed by atoms with van der Waals surface area (Å²) in [6, 6.07) is 0. The lowest BCUT2D eigenvalue weighted by molar-refractivity contribution is -0.161. The van der Waals surface area contributed by atoms with E-state index in [-0.39, 0.29) is 37.7 Å². The standard InChI is InChI=1S/C35H58O6/c1-4-32(37)26-22-18-13-11-9-7-5-6-8-10-12-14-20-24-28-35(39)41-33(29-36)30-40-34(38)27-23-19-16-15-17-21-25-31(2)3/h6-9,12-14,18,22,26,31-33,36-37H,4-5,10-11,15-17,19-21,23-25,27-30H2,1-3H3/b8-6-,9-7-,14-12-,18-13-,26-22+/t32-,33+/m1/s1. The van der Waals surface area contributed by atoms with Gasteiger partial charge in [0.1, 0.15) is 6.61 Å². The molecule has 0 aromatic heterocycles. The van der Waals surface area contributed by atoms with Gasteiger partial charge >= 0.3 is 11.9 Å². The summed E-state index contributed by atoms with van der Waals surface area (Å²) in [6.45, 7) is 5.98. The van der Waals surface area contributed by atoms with Gasteiger partial charge in [-0.3, -0.25) is 9.59 Å². The van der Waals surface area contributed by atoms with Crippen LogP contribution >= 0.6 is 0 Å². The minimum absolute atomic E-state index is 0.101. The van der Waals surface area contributed by atoms with Gasteiger partial charge in [-0.15, -0.1) is 0 Å². The molecule has 6 nitrogen and oxygen atoms in total. The van der Waals surface area contributed by atoms with E-state index in [2.05, 4.69) is 56.4 Å². The number of carbonyl (C=O) groups excluding carboxylic acids is 2. The summed E-state index contributed by atoms with van der Waals surface area (Å²) >= 11 is 0. The van der Waals surface area contributed by atoms with Crippen molar-refractivity contribution in [3.8, 4) is 0 Å². The molecule has 0 saturated heterocycles. The van der Waals surface area contributed by atoms with Gasteiger partial charge in [-0.1, -0.05) is 120 Å². The van der Waals surface area contributed by atoms with Crippen molar-refractivity contribution in [1.29, 1.82) is 0 Å². The van der Waals surface area contributed by atoms with Crippen molar-refractivity contribution in [1.82, 2.24) is 0 Å². The van der Waals surface area contributed by atoms with E-state index < -0.39 is 6.10 Å². The molecule has 0 heterocycles. The summed E-state index contributed by atoms with van der Waals surface area (Å²) in [6.07, 6.45) is 32.5. The van der Waals surface area contributed by atoms with E-state index in [9.17, 15) is 19.8 Å². The third-order valence-electron chi connectivity index (χ3n) is 6.41. The van der Waals surface area contributed by atoms with Crippen molar-refractivity contribution in [2.45, 2.75) is 129 Å². The maximum Gasteiger partial charge on any atom is 0.306 e. The van der Waals surface area contributed by atoms with Gasteiger partial charge in [0.25, 0.3) is 0 Å². The number of aliphatic hydroxyl groups excluding tert-OH is 2. The molecular weight excluding hydrogens is 516 g/mol. The van der Waals surface area contributed by atoms with Crippen molar-refractivity contribution >= 4 is 11.9 Å². The fourth-order valence-corrected chi connectivity index (χ4v) is 3.84. The number of carbonyl (C=O) groups is 2. The number of esters is 2. The molecule has 0 fully saturated rings. The fraction of sp³-hybridized carbons (Fsp3) is 0.657. The molecule has 0 rings (SSSR count). The zero-order valence-electron chi connectivity index (χ0n) is 26.1. The van der Waals surface area contributed by atoms with E-state index >= 15 is 0 Å². The highest BCUT2D eigenvalue weighted by atomic mass is 16.6.